The molecule has 0 aromatic heterocycles. The largest absolute Gasteiger partial charge is 0.299 e. The van der Waals surface area contributed by atoms with Gasteiger partial charge in [0.15, 0.2) is 0 Å². The number of nitrogens with zero attached hydrogens (tertiary/aromatic N) is 1. The highest BCUT2D eigenvalue weighted by Crippen LogP contribution is 2.00. The van der Waals surface area contributed by atoms with Gasteiger partial charge in [-0.2, -0.15) is 0 Å². The van der Waals surface area contributed by atoms with Crippen molar-refractivity contribution in [1.29, 1.82) is 0 Å². The van der Waals surface area contributed by atoms with E-state index in [1.807, 2.05) is 49.4 Å². The molecule has 0 saturated carbocycles. The molecule has 0 saturated heterocycles. The van der Waals surface area contributed by atoms with Crippen LogP contribution in [-0.2, 0) is 0 Å². The highest BCUT2D eigenvalue weighted by molar-refractivity contribution is 6.27. The second-order valence-electron chi connectivity index (χ2n) is 3.78. The van der Waals surface area contributed by atoms with Gasteiger partial charge in [0.25, 0.3) is 0 Å². The van der Waals surface area contributed by atoms with Gasteiger partial charge in [-0.1, -0.05) is 60.2 Å². The SMILES string of the molecule is C=CCN(C)CC=CC.ClC=Cc1ccccc1. The fourth-order valence-electron chi connectivity index (χ4n) is 1.22. The number of hydrogen-bond acceptors (Lipinski definition) is 1. The normalized spacial score (nSPS) is 10.7. The van der Waals surface area contributed by atoms with E-state index < -0.39 is 0 Å². The summed E-state index contributed by atoms with van der Waals surface area (Å²) in [6.45, 7) is 7.65. The monoisotopic (exact) mass is 263 g/mol. The molecule has 0 heterocycles. The third kappa shape index (κ3) is 9.88. The molecule has 2 heteroatoms. The Balaban J connectivity index is 0.000000321. The molecule has 1 rings (SSSR count). The first kappa shape index (κ1) is 16.7. The summed E-state index contributed by atoms with van der Waals surface area (Å²) in [7, 11) is 2.07. The van der Waals surface area contributed by atoms with Crippen molar-refractivity contribution in [3.05, 3.63) is 66.2 Å². The van der Waals surface area contributed by atoms with Gasteiger partial charge in [0.2, 0.25) is 0 Å². The average molecular weight is 264 g/mol. The Bertz CT molecular complexity index is 355. The molecule has 0 amide bonds. The summed E-state index contributed by atoms with van der Waals surface area (Å²) in [6.07, 6.45) is 7.94. The van der Waals surface area contributed by atoms with Gasteiger partial charge in [0.1, 0.15) is 0 Å². The molecule has 0 fully saturated rings. The molecule has 1 aromatic carbocycles. The van der Waals surface area contributed by atoms with Crippen LogP contribution in [0.15, 0.2) is 60.7 Å². The Morgan fingerprint density at radius 2 is 1.89 bits per heavy atom. The molecule has 18 heavy (non-hydrogen) atoms. The Morgan fingerprint density at radius 1 is 1.22 bits per heavy atom. The van der Waals surface area contributed by atoms with Gasteiger partial charge in [0.05, 0.1) is 0 Å². The molecule has 0 bridgehead atoms. The van der Waals surface area contributed by atoms with Crippen molar-refractivity contribution in [3.63, 3.8) is 0 Å². The van der Waals surface area contributed by atoms with Gasteiger partial charge in [-0.15, -0.1) is 6.58 Å². The third-order valence-corrected chi connectivity index (χ3v) is 2.27. The summed E-state index contributed by atoms with van der Waals surface area (Å²) in [5.41, 5.74) is 2.64. The molecule has 0 unspecified atom stereocenters. The van der Waals surface area contributed by atoms with Gasteiger partial charge < -0.3 is 0 Å². The fraction of sp³-hybridized carbons (Fsp3) is 0.250. The van der Waals surface area contributed by atoms with Crippen LogP contribution in [0.4, 0.5) is 0 Å². The predicted octanol–water partition coefficient (Wildman–Crippen LogP) is 4.58. The Morgan fingerprint density at radius 3 is 2.39 bits per heavy atom. The minimum Gasteiger partial charge on any atom is -0.299 e. The molecule has 0 atom stereocenters. The zero-order chi connectivity index (χ0) is 13.6. The second kappa shape index (κ2) is 12.2. The Hall–Kier alpha value is -1.31. The predicted molar refractivity (Wildman–Crippen MR) is 83.8 cm³/mol. The lowest BCUT2D eigenvalue weighted by Crippen LogP contribution is -2.17. The standard InChI is InChI=1S/C8H7Cl.C8H15N/c9-7-6-8-4-2-1-3-5-8;1-4-6-8-9(3)7-5-2/h1-7H;4-6H,2,7-8H2,1,3H3. The molecule has 1 nitrogen and oxygen atoms in total. The summed E-state index contributed by atoms with van der Waals surface area (Å²) in [4.78, 5) is 2.19. The summed E-state index contributed by atoms with van der Waals surface area (Å²) < 4.78 is 0. The topological polar surface area (TPSA) is 3.24 Å². The van der Waals surface area contributed by atoms with Crippen LogP contribution in [0.2, 0.25) is 0 Å². The maximum Gasteiger partial charge on any atom is 0.0163 e. The smallest absolute Gasteiger partial charge is 0.0163 e. The molecular weight excluding hydrogens is 242 g/mol. The lowest BCUT2D eigenvalue weighted by molar-refractivity contribution is 0.413. The van der Waals surface area contributed by atoms with Crippen LogP contribution in [0, 0.1) is 0 Å². The van der Waals surface area contributed by atoms with Gasteiger partial charge in [-0.25, -0.2) is 0 Å². The van der Waals surface area contributed by atoms with Crippen molar-refractivity contribution in [2.24, 2.45) is 0 Å². The van der Waals surface area contributed by atoms with Gasteiger partial charge in [-0.05, 0) is 25.6 Å². The quantitative estimate of drug-likeness (QED) is 0.703. The number of benzene rings is 1. The fourth-order valence-corrected chi connectivity index (χ4v) is 1.36. The van der Waals surface area contributed by atoms with Crippen LogP contribution in [0.3, 0.4) is 0 Å². The second-order valence-corrected chi connectivity index (χ2v) is 4.03. The molecular formula is C16H22ClN. The van der Waals surface area contributed by atoms with E-state index in [9.17, 15) is 0 Å². The van der Waals surface area contributed by atoms with Gasteiger partial charge in [0, 0.05) is 18.6 Å². The molecule has 0 spiro atoms. The zero-order valence-corrected chi connectivity index (χ0v) is 12.0. The van der Waals surface area contributed by atoms with E-state index in [1.165, 1.54) is 5.54 Å². The van der Waals surface area contributed by atoms with E-state index in [0.717, 1.165) is 18.7 Å². The van der Waals surface area contributed by atoms with Crippen molar-refractivity contribution in [3.8, 4) is 0 Å². The Kier molecular flexibility index (Phi) is 11.3. The maximum absolute atomic E-state index is 5.36. The number of likely N-dealkylation sites (N-methyl/N-ethyl adjacent to an activating group) is 1. The maximum atomic E-state index is 5.36. The van der Waals surface area contributed by atoms with Crippen LogP contribution >= 0.6 is 11.6 Å². The van der Waals surface area contributed by atoms with Crippen molar-refractivity contribution in [2.45, 2.75) is 6.92 Å². The summed E-state index contributed by atoms with van der Waals surface area (Å²) >= 11 is 5.36. The van der Waals surface area contributed by atoms with Crippen LogP contribution < -0.4 is 0 Å². The lowest BCUT2D eigenvalue weighted by atomic mass is 10.2. The molecule has 0 aliphatic heterocycles. The summed E-state index contributed by atoms with van der Waals surface area (Å²) in [5, 5.41) is 0. The van der Waals surface area contributed by atoms with Crippen molar-refractivity contribution >= 4 is 17.7 Å². The average Bonchev–Trinajstić information content (AvgIpc) is 2.39. The van der Waals surface area contributed by atoms with Crippen molar-refractivity contribution < 1.29 is 0 Å². The first-order valence-corrected chi connectivity index (χ1v) is 6.40. The minimum atomic E-state index is 0.963. The van der Waals surface area contributed by atoms with Crippen LogP contribution in [0.5, 0.6) is 0 Å². The van der Waals surface area contributed by atoms with Crippen molar-refractivity contribution in [2.75, 3.05) is 20.1 Å². The molecule has 98 valence electrons. The van der Waals surface area contributed by atoms with E-state index >= 15 is 0 Å². The first-order valence-electron chi connectivity index (χ1n) is 5.97. The molecule has 1 aromatic rings. The number of allylic oxidation sites excluding steroid dienone is 1. The number of halogens is 1. The van der Waals surface area contributed by atoms with Gasteiger partial charge in [-0.3, -0.25) is 4.90 Å². The summed E-state index contributed by atoms with van der Waals surface area (Å²) in [5.74, 6) is 0. The van der Waals surface area contributed by atoms with E-state index in [0.29, 0.717) is 0 Å². The zero-order valence-electron chi connectivity index (χ0n) is 11.2. The van der Waals surface area contributed by atoms with Crippen LogP contribution in [-0.4, -0.2) is 25.0 Å². The third-order valence-electron chi connectivity index (χ3n) is 2.15. The van der Waals surface area contributed by atoms with E-state index in [1.54, 1.807) is 0 Å². The molecule has 0 aliphatic carbocycles. The van der Waals surface area contributed by atoms with Crippen LogP contribution in [0.25, 0.3) is 6.08 Å². The lowest BCUT2D eigenvalue weighted by Gasteiger charge is -2.09. The summed E-state index contributed by atoms with van der Waals surface area (Å²) in [6, 6.07) is 9.93. The van der Waals surface area contributed by atoms with E-state index in [4.69, 9.17) is 11.6 Å². The Labute approximate surface area is 116 Å². The van der Waals surface area contributed by atoms with Crippen molar-refractivity contribution in [1.82, 2.24) is 4.90 Å². The first-order chi connectivity index (χ1) is 8.74. The molecule has 0 N–H and O–H groups in total. The highest BCUT2D eigenvalue weighted by atomic mass is 35.5. The van der Waals surface area contributed by atoms with Gasteiger partial charge >= 0.3 is 0 Å². The van der Waals surface area contributed by atoms with E-state index in [2.05, 4.69) is 30.7 Å². The van der Waals surface area contributed by atoms with Crippen LogP contribution in [0.1, 0.15) is 12.5 Å². The van der Waals surface area contributed by atoms with E-state index in [-0.39, 0.29) is 0 Å². The number of rotatable bonds is 5. The highest BCUT2D eigenvalue weighted by Gasteiger charge is 1.86. The number of hydrogen-bond donors (Lipinski definition) is 0. The molecule has 0 radical (unpaired) electrons. The molecule has 0 aliphatic rings. The minimum absolute atomic E-state index is 0.963.